The van der Waals surface area contributed by atoms with Crippen molar-refractivity contribution in [2.75, 3.05) is 25.1 Å². The standard InChI is InChI=1S/C14H19BrN2O4/c1-9(2)8-21-6-5-16-14(20)17-12-7-10(13(18)19)3-4-11(12)15/h3-4,7,9H,5-6,8H2,1-2H3,(H,18,19)(H2,16,17,20). The van der Waals surface area contributed by atoms with Crippen molar-refractivity contribution in [1.82, 2.24) is 5.32 Å². The van der Waals surface area contributed by atoms with Crippen molar-refractivity contribution in [1.29, 1.82) is 0 Å². The van der Waals surface area contributed by atoms with Gasteiger partial charge in [0.15, 0.2) is 0 Å². The molecule has 0 aromatic heterocycles. The molecule has 0 radical (unpaired) electrons. The lowest BCUT2D eigenvalue weighted by atomic mass is 10.2. The largest absolute Gasteiger partial charge is 0.478 e. The zero-order valence-corrected chi connectivity index (χ0v) is 13.6. The third-order valence-electron chi connectivity index (χ3n) is 2.44. The number of carbonyl (C=O) groups excluding carboxylic acids is 1. The number of halogens is 1. The molecule has 0 spiro atoms. The molecule has 1 rings (SSSR count). The van der Waals surface area contributed by atoms with Crippen LogP contribution in [-0.4, -0.2) is 36.9 Å². The van der Waals surface area contributed by atoms with Crippen LogP contribution in [0.2, 0.25) is 0 Å². The Hall–Kier alpha value is -1.60. The number of hydrogen-bond donors (Lipinski definition) is 3. The van der Waals surface area contributed by atoms with E-state index in [-0.39, 0.29) is 5.56 Å². The van der Waals surface area contributed by atoms with Crippen molar-refractivity contribution in [3.63, 3.8) is 0 Å². The van der Waals surface area contributed by atoms with E-state index in [9.17, 15) is 9.59 Å². The number of nitrogens with one attached hydrogen (secondary N) is 2. The molecule has 7 heteroatoms. The number of carboxylic acids is 1. The summed E-state index contributed by atoms with van der Waals surface area (Å²) in [7, 11) is 0. The van der Waals surface area contributed by atoms with E-state index in [1.807, 2.05) is 13.8 Å². The molecule has 0 atom stereocenters. The van der Waals surface area contributed by atoms with Crippen LogP contribution in [-0.2, 0) is 4.74 Å². The molecule has 0 saturated carbocycles. The first-order chi connectivity index (χ1) is 9.90. The molecule has 0 fully saturated rings. The lowest BCUT2D eigenvalue weighted by Gasteiger charge is -2.11. The third kappa shape index (κ3) is 6.59. The molecule has 2 amide bonds. The fourth-order valence-electron chi connectivity index (χ4n) is 1.48. The van der Waals surface area contributed by atoms with E-state index in [1.54, 1.807) is 6.07 Å². The molecule has 0 unspecified atom stereocenters. The Balaban J connectivity index is 2.44. The first kappa shape index (κ1) is 17.5. The van der Waals surface area contributed by atoms with Crippen LogP contribution in [0.25, 0.3) is 0 Å². The van der Waals surface area contributed by atoms with E-state index in [2.05, 4.69) is 26.6 Å². The Labute approximate surface area is 132 Å². The highest BCUT2D eigenvalue weighted by Gasteiger charge is 2.09. The number of hydrogen-bond acceptors (Lipinski definition) is 3. The summed E-state index contributed by atoms with van der Waals surface area (Å²) >= 11 is 3.26. The van der Waals surface area contributed by atoms with Gasteiger partial charge < -0.3 is 20.5 Å². The van der Waals surface area contributed by atoms with Gasteiger partial charge in [-0.05, 0) is 40.0 Å². The summed E-state index contributed by atoms with van der Waals surface area (Å²) in [6.07, 6.45) is 0. The van der Waals surface area contributed by atoms with Crippen LogP contribution in [0.15, 0.2) is 22.7 Å². The highest BCUT2D eigenvalue weighted by molar-refractivity contribution is 9.10. The van der Waals surface area contributed by atoms with Crippen LogP contribution in [0.5, 0.6) is 0 Å². The summed E-state index contributed by atoms with van der Waals surface area (Å²) in [4.78, 5) is 22.6. The minimum Gasteiger partial charge on any atom is -0.478 e. The molecule has 3 N–H and O–H groups in total. The number of carbonyl (C=O) groups is 2. The predicted octanol–water partition coefficient (Wildman–Crippen LogP) is 2.94. The Morgan fingerprint density at radius 3 is 2.71 bits per heavy atom. The number of aromatic carboxylic acids is 1. The van der Waals surface area contributed by atoms with E-state index < -0.39 is 12.0 Å². The number of carboxylic acid groups (broad SMARTS) is 1. The number of benzene rings is 1. The van der Waals surface area contributed by atoms with E-state index in [4.69, 9.17) is 9.84 Å². The third-order valence-corrected chi connectivity index (χ3v) is 3.14. The van der Waals surface area contributed by atoms with Crippen molar-refractivity contribution in [2.24, 2.45) is 5.92 Å². The second-order valence-corrected chi connectivity index (χ2v) is 5.70. The van der Waals surface area contributed by atoms with Crippen LogP contribution < -0.4 is 10.6 Å². The molecule has 6 nitrogen and oxygen atoms in total. The normalized spacial score (nSPS) is 10.5. The topological polar surface area (TPSA) is 87.7 Å². The van der Waals surface area contributed by atoms with Crippen LogP contribution >= 0.6 is 15.9 Å². The quantitative estimate of drug-likeness (QED) is 0.654. The van der Waals surface area contributed by atoms with Gasteiger partial charge in [-0.1, -0.05) is 13.8 Å². The lowest BCUT2D eigenvalue weighted by molar-refractivity contribution is 0.0697. The maximum Gasteiger partial charge on any atom is 0.335 e. The van der Waals surface area contributed by atoms with Gasteiger partial charge in [-0.3, -0.25) is 0 Å². The van der Waals surface area contributed by atoms with E-state index in [0.717, 1.165) is 0 Å². The van der Waals surface area contributed by atoms with Crippen molar-refractivity contribution in [3.05, 3.63) is 28.2 Å². The molecule has 0 aliphatic rings. The van der Waals surface area contributed by atoms with Gasteiger partial charge in [-0.2, -0.15) is 0 Å². The number of amides is 2. The highest BCUT2D eigenvalue weighted by Crippen LogP contribution is 2.23. The fraction of sp³-hybridized carbons (Fsp3) is 0.429. The zero-order chi connectivity index (χ0) is 15.8. The Kier molecular flexibility index (Phi) is 7.18. The van der Waals surface area contributed by atoms with Crippen LogP contribution in [0.1, 0.15) is 24.2 Å². The van der Waals surface area contributed by atoms with E-state index >= 15 is 0 Å². The lowest BCUT2D eigenvalue weighted by Crippen LogP contribution is -2.32. The summed E-state index contributed by atoms with van der Waals surface area (Å²) < 4.78 is 5.95. The smallest absolute Gasteiger partial charge is 0.335 e. The zero-order valence-electron chi connectivity index (χ0n) is 12.0. The van der Waals surface area contributed by atoms with Gasteiger partial charge in [-0.25, -0.2) is 9.59 Å². The Morgan fingerprint density at radius 1 is 1.38 bits per heavy atom. The summed E-state index contributed by atoms with van der Waals surface area (Å²) in [5.41, 5.74) is 0.504. The molecule has 0 heterocycles. The summed E-state index contributed by atoms with van der Waals surface area (Å²) in [5, 5.41) is 14.1. The molecule has 0 aliphatic heterocycles. The van der Waals surface area contributed by atoms with Gasteiger partial charge in [-0.15, -0.1) is 0 Å². The maximum absolute atomic E-state index is 11.7. The second-order valence-electron chi connectivity index (χ2n) is 4.85. The number of urea groups is 1. The number of anilines is 1. The molecule has 21 heavy (non-hydrogen) atoms. The van der Waals surface area contributed by atoms with Crippen molar-refractivity contribution in [2.45, 2.75) is 13.8 Å². The average Bonchev–Trinajstić information content (AvgIpc) is 2.40. The summed E-state index contributed by atoms with van der Waals surface area (Å²) in [6.45, 7) is 5.56. The van der Waals surface area contributed by atoms with Crippen LogP contribution in [0.3, 0.4) is 0 Å². The molecule has 0 bridgehead atoms. The van der Waals surface area contributed by atoms with E-state index in [0.29, 0.717) is 35.8 Å². The van der Waals surface area contributed by atoms with Crippen molar-refractivity contribution >= 4 is 33.6 Å². The molecular formula is C14H19BrN2O4. The van der Waals surface area contributed by atoms with Gasteiger partial charge in [0.05, 0.1) is 17.9 Å². The van der Waals surface area contributed by atoms with Crippen molar-refractivity contribution < 1.29 is 19.4 Å². The SMILES string of the molecule is CC(C)COCCNC(=O)Nc1cc(C(=O)O)ccc1Br. The number of rotatable bonds is 7. The van der Waals surface area contributed by atoms with Gasteiger partial charge in [0.1, 0.15) is 0 Å². The first-order valence-electron chi connectivity index (χ1n) is 6.55. The molecule has 116 valence electrons. The molecule has 0 aliphatic carbocycles. The summed E-state index contributed by atoms with van der Waals surface area (Å²) in [5.74, 6) is -0.596. The Bertz CT molecular complexity index is 506. The highest BCUT2D eigenvalue weighted by atomic mass is 79.9. The first-order valence-corrected chi connectivity index (χ1v) is 7.35. The van der Waals surface area contributed by atoms with Crippen LogP contribution in [0.4, 0.5) is 10.5 Å². The maximum atomic E-state index is 11.7. The average molecular weight is 359 g/mol. The summed E-state index contributed by atoms with van der Waals surface area (Å²) in [6, 6.07) is 4.01. The molecular weight excluding hydrogens is 340 g/mol. The molecule has 1 aromatic carbocycles. The van der Waals surface area contributed by atoms with Gasteiger partial charge >= 0.3 is 12.0 Å². The van der Waals surface area contributed by atoms with Gasteiger partial charge in [0.2, 0.25) is 0 Å². The minimum atomic E-state index is -1.05. The Morgan fingerprint density at radius 2 is 2.10 bits per heavy atom. The second kappa shape index (κ2) is 8.63. The minimum absolute atomic E-state index is 0.105. The monoisotopic (exact) mass is 358 g/mol. The predicted molar refractivity (Wildman–Crippen MR) is 83.8 cm³/mol. The van der Waals surface area contributed by atoms with Crippen LogP contribution in [0, 0.1) is 5.92 Å². The van der Waals surface area contributed by atoms with Gasteiger partial charge in [0, 0.05) is 17.6 Å². The van der Waals surface area contributed by atoms with Crippen molar-refractivity contribution in [3.8, 4) is 0 Å². The number of ether oxygens (including phenoxy) is 1. The van der Waals surface area contributed by atoms with Gasteiger partial charge in [0.25, 0.3) is 0 Å². The molecule has 0 saturated heterocycles. The molecule has 1 aromatic rings. The van der Waals surface area contributed by atoms with E-state index in [1.165, 1.54) is 12.1 Å². The fourth-order valence-corrected chi connectivity index (χ4v) is 1.82.